The highest BCUT2D eigenvalue weighted by Crippen LogP contribution is 2.30. The Labute approximate surface area is 218 Å². The van der Waals surface area contributed by atoms with Crippen molar-refractivity contribution in [3.63, 3.8) is 0 Å². The summed E-state index contributed by atoms with van der Waals surface area (Å²) in [5.74, 6) is 0.451. The number of alkyl halides is 3. The van der Waals surface area contributed by atoms with Gasteiger partial charge in [0, 0.05) is 22.8 Å². The first kappa shape index (κ1) is 27.0. The second-order valence-electron chi connectivity index (χ2n) is 10.0. The smallest absolute Gasteiger partial charge is 0.416 e. The number of nitrogens with one attached hydrogen (secondary N) is 2. The summed E-state index contributed by atoms with van der Waals surface area (Å²) in [4.78, 5) is 16.7. The van der Waals surface area contributed by atoms with Crippen molar-refractivity contribution in [2.45, 2.75) is 51.9 Å². The van der Waals surface area contributed by atoms with Gasteiger partial charge in [0.25, 0.3) is 0 Å². The average Bonchev–Trinajstić information content (AvgIpc) is 3.21. The van der Waals surface area contributed by atoms with Crippen LogP contribution in [0.2, 0.25) is 0 Å². The van der Waals surface area contributed by atoms with Crippen LogP contribution in [-0.2, 0) is 17.3 Å². The molecule has 2 heterocycles. The Hall–Kier alpha value is -4.08. The van der Waals surface area contributed by atoms with Crippen LogP contribution in [0.25, 0.3) is 22.0 Å². The third-order valence-corrected chi connectivity index (χ3v) is 5.70. The molecule has 0 aliphatic rings. The number of halogens is 3. The summed E-state index contributed by atoms with van der Waals surface area (Å²) in [5, 5.41) is 10.9. The second kappa shape index (κ2) is 10.7. The van der Waals surface area contributed by atoms with Gasteiger partial charge in [0.1, 0.15) is 18.0 Å². The lowest BCUT2D eigenvalue weighted by Crippen LogP contribution is -2.43. The number of aryl methyl sites for hydroxylation is 1. The van der Waals surface area contributed by atoms with Gasteiger partial charge in [-0.3, -0.25) is 10.1 Å². The summed E-state index contributed by atoms with van der Waals surface area (Å²) in [5.41, 5.74) is 2.46. The first-order valence-electron chi connectivity index (χ1n) is 12.1. The molecule has 0 unspecified atom stereocenters. The molecule has 1 atom stereocenters. The number of aromatic nitrogens is 3. The standard InChI is InChI=1S/C28H29F3N4O3/c1-17-24-13-19(8-9-25(24)35-34-17)20-12-23(15-32-14-20)37-16-22(33-26(36)38-27(2,3)4)11-18-6-5-7-21(10-18)28(29,30)31/h5-10,12-15,22H,11,16H2,1-4H3,(H,33,36)(H,34,35)/t22-/m0/s1. The van der Waals surface area contributed by atoms with E-state index in [9.17, 15) is 18.0 Å². The zero-order valence-electron chi connectivity index (χ0n) is 21.5. The van der Waals surface area contributed by atoms with Crippen LogP contribution in [0, 0.1) is 6.92 Å². The fourth-order valence-electron chi connectivity index (χ4n) is 3.96. The van der Waals surface area contributed by atoms with Crippen molar-refractivity contribution in [2.75, 3.05) is 6.61 Å². The van der Waals surface area contributed by atoms with Crippen molar-refractivity contribution in [3.05, 3.63) is 77.7 Å². The van der Waals surface area contributed by atoms with Crippen molar-refractivity contribution < 1.29 is 27.4 Å². The van der Waals surface area contributed by atoms with E-state index in [1.165, 1.54) is 6.07 Å². The average molecular weight is 527 g/mol. The predicted molar refractivity (Wildman–Crippen MR) is 138 cm³/mol. The molecule has 38 heavy (non-hydrogen) atoms. The Bertz CT molecular complexity index is 1430. The van der Waals surface area contributed by atoms with E-state index in [0.717, 1.165) is 39.9 Å². The van der Waals surface area contributed by atoms with Crippen LogP contribution in [0.4, 0.5) is 18.0 Å². The van der Waals surface area contributed by atoms with E-state index in [1.54, 1.807) is 39.2 Å². The van der Waals surface area contributed by atoms with Gasteiger partial charge in [0.05, 0.1) is 23.3 Å². The van der Waals surface area contributed by atoms with Gasteiger partial charge in [-0.05, 0) is 69.5 Å². The summed E-state index contributed by atoms with van der Waals surface area (Å²) in [6, 6.07) is 12.0. The number of fused-ring (bicyclic) bond motifs is 1. The quantitative estimate of drug-likeness (QED) is 0.288. The van der Waals surface area contributed by atoms with Crippen molar-refractivity contribution in [1.82, 2.24) is 20.5 Å². The first-order valence-corrected chi connectivity index (χ1v) is 12.1. The summed E-state index contributed by atoms with van der Waals surface area (Å²) < 4.78 is 50.9. The molecule has 0 aliphatic heterocycles. The molecule has 10 heteroatoms. The molecular formula is C28H29F3N4O3. The van der Waals surface area contributed by atoms with Crippen LogP contribution in [0.1, 0.15) is 37.6 Å². The molecule has 2 N–H and O–H groups in total. The molecule has 7 nitrogen and oxygen atoms in total. The molecule has 0 bridgehead atoms. The number of amides is 1. The van der Waals surface area contributed by atoms with E-state index in [2.05, 4.69) is 20.5 Å². The Kier molecular flexibility index (Phi) is 7.61. The molecular weight excluding hydrogens is 497 g/mol. The monoisotopic (exact) mass is 526 g/mol. The molecule has 1 amide bonds. The molecule has 2 aromatic carbocycles. The van der Waals surface area contributed by atoms with Gasteiger partial charge in [-0.2, -0.15) is 18.3 Å². The van der Waals surface area contributed by atoms with Crippen molar-refractivity contribution in [3.8, 4) is 16.9 Å². The fourth-order valence-corrected chi connectivity index (χ4v) is 3.96. The minimum absolute atomic E-state index is 0.0134. The molecule has 0 spiro atoms. The number of carbonyl (C=O) groups is 1. The van der Waals surface area contributed by atoms with E-state index < -0.39 is 29.5 Å². The second-order valence-corrected chi connectivity index (χ2v) is 10.0. The summed E-state index contributed by atoms with van der Waals surface area (Å²) in [6.45, 7) is 7.11. The Morgan fingerprint density at radius 2 is 1.84 bits per heavy atom. The van der Waals surface area contributed by atoms with Gasteiger partial charge in [-0.15, -0.1) is 0 Å². The maximum absolute atomic E-state index is 13.2. The molecule has 4 rings (SSSR count). The van der Waals surface area contributed by atoms with E-state index in [1.807, 2.05) is 31.2 Å². The predicted octanol–water partition coefficient (Wildman–Crippen LogP) is 6.47. The largest absolute Gasteiger partial charge is 0.490 e. The molecule has 4 aromatic rings. The van der Waals surface area contributed by atoms with E-state index in [-0.39, 0.29) is 13.0 Å². The fraction of sp³-hybridized carbons (Fsp3) is 0.321. The molecule has 0 saturated carbocycles. The molecule has 0 saturated heterocycles. The molecule has 200 valence electrons. The Morgan fingerprint density at radius 1 is 1.05 bits per heavy atom. The number of ether oxygens (including phenoxy) is 2. The maximum atomic E-state index is 13.2. The van der Waals surface area contributed by atoms with E-state index >= 15 is 0 Å². The Morgan fingerprint density at radius 3 is 2.58 bits per heavy atom. The molecule has 0 radical (unpaired) electrons. The third kappa shape index (κ3) is 7.02. The normalized spacial score (nSPS) is 12.8. The number of nitrogens with zero attached hydrogens (tertiary/aromatic N) is 2. The number of benzene rings is 2. The number of hydrogen-bond acceptors (Lipinski definition) is 5. The minimum Gasteiger partial charge on any atom is -0.490 e. The lowest BCUT2D eigenvalue weighted by molar-refractivity contribution is -0.137. The highest BCUT2D eigenvalue weighted by molar-refractivity contribution is 5.86. The van der Waals surface area contributed by atoms with E-state index in [0.29, 0.717) is 11.3 Å². The SMILES string of the molecule is Cc1[nH]nc2ccc(-c3cncc(OC[C@H](Cc4cccc(C(F)(F)F)c4)NC(=O)OC(C)(C)C)c3)cc12. The van der Waals surface area contributed by atoms with Gasteiger partial charge >= 0.3 is 12.3 Å². The lowest BCUT2D eigenvalue weighted by Gasteiger charge is -2.24. The zero-order chi connectivity index (χ0) is 27.5. The van der Waals surface area contributed by atoms with Gasteiger partial charge < -0.3 is 14.8 Å². The van der Waals surface area contributed by atoms with Gasteiger partial charge in [-0.1, -0.05) is 24.3 Å². The number of pyridine rings is 1. The minimum atomic E-state index is -4.47. The number of alkyl carbamates (subject to hydrolysis) is 1. The van der Waals surface area contributed by atoms with Gasteiger partial charge in [-0.25, -0.2) is 4.79 Å². The number of aromatic amines is 1. The van der Waals surface area contributed by atoms with Crippen molar-refractivity contribution in [2.24, 2.45) is 0 Å². The highest BCUT2D eigenvalue weighted by atomic mass is 19.4. The molecule has 2 aromatic heterocycles. The van der Waals surface area contributed by atoms with Crippen LogP contribution in [-0.4, -0.2) is 39.5 Å². The van der Waals surface area contributed by atoms with Crippen molar-refractivity contribution >= 4 is 17.0 Å². The van der Waals surface area contributed by atoms with Crippen LogP contribution in [0.3, 0.4) is 0 Å². The van der Waals surface area contributed by atoms with Crippen LogP contribution < -0.4 is 10.1 Å². The number of carbonyl (C=O) groups excluding carboxylic acids is 1. The van der Waals surface area contributed by atoms with Gasteiger partial charge in [0.15, 0.2) is 0 Å². The Balaban J connectivity index is 1.52. The summed E-state index contributed by atoms with van der Waals surface area (Å²) in [7, 11) is 0. The maximum Gasteiger partial charge on any atom is 0.416 e. The van der Waals surface area contributed by atoms with Gasteiger partial charge in [0.2, 0.25) is 0 Å². The number of H-pyrrole nitrogens is 1. The van der Waals surface area contributed by atoms with Crippen LogP contribution in [0.15, 0.2) is 60.9 Å². The summed E-state index contributed by atoms with van der Waals surface area (Å²) in [6.07, 6.45) is -1.80. The third-order valence-electron chi connectivity index (χ3n) is 5.70. The zero-order valence-corrected chi connectivity index (χ0v) is 21.5. The number of rotatable bonds is 7. The summed E-state index contributed by atoms with van der Waals surface area (Å²) >= 11 is 0. The lowest BCUT2D eigenvalue weighted by atomic mass is 10.0. The van der Waals surface area contributed by atoms with Crippen molar-refractivity contribution in [1.29, 1.82) is 0 Å². The van der Waals surface area contributed by atoms with Crippen LogP contribution >= 0.6 is 0 Å². The topological polar surface area (TPSA) is 89.1 Å². The van der Waals surface area contributed by atoms with Crippen LogP contribution in [0.5, 0.6) is 5.75 Å². The highest BCUT2D eigenvalue weighted by Gasteiger charge is 2.30. The molecule has 0 aliphatic carbocycles. The first-order chi connectivity index (χ1) is 17.9. The number of hydrogen-bond donors (Lipinski definition) is 2. The van der Waals surface area contributed by atoms with E-state index in [4.69, 9.17) is 9.47 Å². The molecule has 0 fully saturated rings.